The highest BCUT2D eigenvalue weighted by Crippen LogP contribution is 2.40. The normalized spacial score (nSPS) is 11.0. The third kappa shape index (κ3) is 8.39. The number of aromatic nitrogens is 5. The van der Waals surface area contributed by atoms with Gasteiger partial charge in [0, 0.05) is 43.3 Å². The van der Waals surface area contributed by atoms with Crippen molar-refractivity contribution >= 4 is 86.7 Å². The zero-order chi connectivity index (χ0) is 35.2. The lowest BCUT2D eigenvalue weighted by Crippen LogP contribution is -2.19. The molecule has 6 heterocycles. The number of hydrogen-bond donors (Lipinski definition) is 1. The SMILES string of the molecule is Cc1nc(-c2ccc(-c3cccs3)s2)sc1-c1ccn(C(=O)c2ccc(Cl)cc2)n1.O=C(Nc1ccccc1)n1ccc(/C=C/c2cccs2)n1. The van der Waals surface area contributed by atoms with Crippen molar-refractivity contribution in [2.24, 2.45) is 0 Å². The van der Waals surface area contributed by atoms with Crippen LogP contribution < -0.4 is 5.32 Å². The maximum atomic E-state index is 12.7. The average Bonchev–Trinajstić information content (AvgIpc) is 3.98. The number of para-hydroxylation sites is 1. The lowest BCUT2D eigenvalue weighted by Gasteiger charge is -2.03. The fourth-order valence-corrected chi connectivity index (χ4v) is 8.49. The summed E-state index contributed by atoms with van der Waals surface area (Å²) in [5, 5.41) is 17.2. The van der Waals surface area contributed by atoms with Crippen LogP contribution in [-0.4, -0.2) is 36.5 Å². The maximum Gasteiger partial charge on any atom is 0.346 e. The Labute approximate surface area is 314 Å². The van der Waals surface area contributed by atoms with Crippen LogP contribution in [0.1, 0.15) is 26.6 Å². The van der Waals surface area contributed by atoms with Gasteiger partial charge in [0.15, 0.2) is 0 Å². The van der Waals surface area contributed by atoms with Crippen LogP contribution in [0, 0.1) is 6.92 Å². The van der Waals surface area contributed by atoms with Crippen LogP contribution in [0.4, 0.5) is 10.5 Å². The minimum Gasteiger partial charge on any atom is -0.306 e. The lowest BCUT2D eigenvalue weighted by atomic mass is 10.2. The summed E-state index contributed by atoms with van der Waals surface area (Å²) in [6, 6.07) is 31.9. The number of carbonyl (C=O) groups excluding carboxylic acids is 2. The van der Waals surface area contributed by atoms with E-state index in [4.69, 9.17) is 16.6 Å². The van der Waals surface area contributed by atoms with E-state index in [-0.39, 0.29) is 11.9 Å². The first-order valence-corrected chi connectivity index (χ1v) is 19.3. The van der Waals surface area contributed by atoms with E-state index >= 15 is 0 Å². The van der Waals surface area contributed by atoms with Crippen LogP contribution in [0.3, 0.4) is 0 Å². The highest BCUT2D eigenvalue weighted by atomic mass is 35.5. The molecule has 8 aromatic rings. The third-order valence-corrected chi connectivity index (χ3v) is 11.9. The molecular weight excluding hydrogens is 736 g/mol. The third-order valence-electron chi connectivity index (χ3n) is 7.30. The Balaban J connectivity index is 0.000000170. The molecule has 0 bridgehead atoms. The average molecular weight is 763 g/mol. The van der Waals surface area contributed by atoms with Crippen LogP contribution in [0.5, 0.6) is 0 Å². The molecule has 0 unspecified atom stereocenters. The van der Waals surface area contributed by atoms with E-state index in [1.54, 1.807) is 88.1 Å². The summed E-state index contributed by atoms with van der Waals surface area (Å²) in [7, 11) is 0. The molecule has 252 valence electrons. The van der Waals surface area contributed by atoms with Gasteiger partial charge in [-0.1, -0.05) is 41.9 Å². The number of benzene rings is 2. The number of thiophene rings is 3. The fraction of sp³-hybridized carbons (Fsp3) is 0.0263. The zero-order valence-corrected chi connectivity index (χ0v) is 30.9. The first kappa shape index (κ1) is 34.2. The molecule has 8 nitrogen and oxygen atoms in total. The number of nitrogens with zero attached hydrogens (tertiary/aromatic N) is 5. The number of thiazole rings is 1. The summed E-state index contributed by atoms with van der Waals surface area (Å²) < 4.78 is 2.65. The maximum absolute atomic E-state index is 12.7. The second-order valence-electron chi connectivity index (χ2n) is 10.9. The second kappa shape index (κ2) is 15.8. The van der Waals surface area contributed by atoms with Crippen molar-refractivity contribution < 1.29 is 9.59 Å². The molecule has 0 saturated carbocycles. The van der Waals surface area contributed by atoms with Gasteiger partial charge in [0.05, 0.1) is 21.1 Å². The van der Waals surface area contributed by atoms with E-state index < -0.39 is 0 Å². The van der Waals surface area contributed by atoms with E-state index in [2.05, 4.69) is 45.2 Å². The zero-order valence-electron chi connectivity index (χ0n) is 26.8. The molecular formula is C38H27ClN6O2S4. The smallest absolute Gasteiger partial charge is 0.306 e. The van der Waals surface area contributed by atoms with Crippen molar-refractivity contribution in [1.29, 1.82) is 0 Å². The van der Waals surface area contributed by atoms with E-state index in [1.807, 2.05) is 73.0 Å². The minimum atomic E-state index is -0.281. The Morgan fingerprint density at radius 1 is 0.725 bits per heavy atom. The van der Waals surface area contributed by atoms with Crippen molar-refractivity contribution in [1.82, 2.24) is 24.5 Å². The monoisotopic (exact) mass is 762 g/mol. The van der Waals surface area contributed by atoms with Crippen LogP contribution >= 0.6 is 56.9 Å². The predicted octanol–water partition coefficient (Wildman–Crippen LogP) is 11.3. The number of carbonyl (C=O) groups is 2. The summed E-state index contributed by atoms with van der Waals surface area (Å²) in [5.74, 6) is -0.195. The summed E-state index contributed by atoms with van der Waals surface area (Å²) in [6.07, 6.45) is 7.20. The molecule has 2 aromatic carbocycles. The van der Waals surface area contributed by atoms with Gasteiger partial charge in [-0.3, -0.25) is 4.79 Å². The Kier molecular flexibility index (Phi) is 10.6. The lowest BCUT2D eigenvalue weighted by molar-refractivity contribution is 0.0945. The molecule has 0 saturated heterocycles. The van der Waals surface area contributed by atoms with Crippen molar-refractivity contribution in [3.63, 3.8) is 0 Å². The number of aryl methyl sites for hydroxylation is 1. The molecule has 0 atom stereocenters. The molecule has 13 heteroatoms. The van der Waals surface area contributed by atoms with Crippen LogP contribution in [0.2, 0.25) is 5.02 Å². The van der Waals surface area contributed by atoms with Crippen LogP contribution in [0.15, 0.2) is 126 Å². The Morgan fingerprint density at radius 2 is 1.49 bits per heavy atom. The molecule has 51 heavy (non-hydrogen) atoms. The molecule has 1 N–H and O–H groups in total. The number of anilines is 1. The Bertz CT molecular complexity index is 2400. The molecule has 8 rings (SSSR count). The number of halogens is 1. The molecule has 0 aliphatic heterocycles. The molecule has 0 aliphatic rings. The van der Waals surface area contributed by atoms with E-state index in [1.165, 1.54) is 19.1 Å². The van der Waals surface area contributed by atoms with Crippen molar-refractivity contribution in [2.75, 3.05) is 5.32 Å². The Morgan fingerprint density at radius 3 is 2.25 bits per heavy atom. The van der Waals surface area contributed by atoms with Gasteiger partial charge in [0.25, 0.3) is 5.91 Å². The van der Waals surface area contributed by atoms with Crippen LogP contribution in [-0.2, 0) is 0 Å². The van der Waals surface area contributed by atoms with Gasteiger partial charge in [-0.25, -0.2) is 14.5 Å². The Hall–Kier alpha value is -5.24. The molecule has 0 fully saturated rings. The predicted molar refractivity (Wildman–Crippen MR) is 212 cm³/mol. The fourth-order valence-electron chi connectivity index (χ4n) is 4.82. The molecule has 0 radical (unpaired) electrons. The van der Waals surface area contributed by atoms with Gasteiger partial charge in [0.2, 0.25) is 0 Å². The quantitative estimate of drug-likeness (QED) is 0.174. The van der Waals surface area contributed by atoms with Gasteiger partial charge in [-0.05, 0) is 103 Å². The summed E-state index contributed by atoms with van der Waals surface area (Å²) in [5.41, 5.74) is 3.68. The summed E-state index contributed by atoms with van der Waals surface area (Å²) >= 11 is 12.6. The van der Waals surface area contributed by atoms with Gasteiger partial charge in [-0.2, -0.15) is 14.9 Å². The topological polar surface area (TPSA) is 94.7 Å². The number of hydrogen-bond acceptors (Lipinski definition) is 9. The van der Waals surface area contributed by atoms with Crippen molar-refractivity contribution in [2.45, 2.75) is 6.92 Å². The van der Waals surface area contributed by atoms with E-state index in [0.29, 0.717) is 10.6 Å². The molecule has 0 spiro atoms. The van der Waals surface area contributed by atoms with Gasteiger partial charge >= 0.3 is 6.03 Å². The van der Waals surface area contributed by atoms with Gasteiger partial charge < -0.3 is 5.32 Å². The van der Waals surface area contributed by atoms with E-state index in [0.717, 1.165) is 42.4 Å². The molecule has 6 aromatic heterocycles. The second-order valence-corrected chi connectivity index (χ2v) is 15.3. The standard InChI is InChI=1S/C22H14ClN3OS3.C16H13N3OS/c1-13-20(16-10-11-26(25-16)22(27)14-4-6-15(23)7-5-14)30-21(24-13)19-9-8-18(29-19)17-3-2-12-28-17;20-16(17-13-5-2-1-3-6-13)19-11-10-14(18-19)8-9-15-7-4-12-21-15/h2-12H,1H3;1-12H,(H,17,20)/b;9-8+. The first-order chi connectivity index (χ1) is 24.9. The number of amides is 1. The number of nitrogens with one attached hydrogen (secondary N) is 1. The highest BCUT2D eigenvalue weighted by Gasteiger charge is 2.17. The largest absolute Gasteiger partial charge is 0.346 e. The number of rotatable bonds is 7. The highest BCUT2D eigenvalue weighted by molar-refractivity contribution is 7.26. The molecule has 0 aliphatic carbocycles. The summed E-state index contributed by atoms with van der Waals surface area (Å²) in [4.78, 5) is 35.2. The summed E-state index contributed by atoms with van der Waals surface area (Å²) in [6.45, 7) is 1.98. The first-order valence-electron chi connectivity index (χ1n) is 15.5. The van der Waals surface area contributed by atoms with Gasteiger partial charge in [0.1, 0.15) is 10.7 Å². The molecule has 1 amide bonds. The van der Waals surface area contributed by atoms with E-state index in [9.17, 15) is 9.59 Å². The van der Waals surface area contributed by atoms with Gasteiger partial charge in [-0.15, -0.1) is 45.3 Å². The van der Waals surface area contributed by atoms with Crippen molar-refractivity contribution in [3.8, 4) is 30.2 Å². The van der Waals surface area contributed by atoms with Crippen molar-refractivity contribution in [3.05, 3.63) is 153 Å². The van der Waals surface area contributed by atoms with Crippen LogP contribution in [0.25, 0.3) is 42.4 Å². The minimum absolute atomic E-state index is 0.195.